The van der Waals surface area contributed by atoms with Crippen LogP contribution >= 0.6 is 11.6 Å². The highest BCUT2D eigenvalue weighted by atomic mass is 35.5. The molecular formula is C7H10ClNO. The molecule has 0 saturated heterocycles. The van der Waals surface area contributed by atoms with E-state index in [1.807, 2.05) is 20.8 Å². The van der Waals surface area contributed by atoms with Gasteiger partial charge in [-0.25, -0.2) is 4.98 Å². The Morgan fingerprint density at radius 3 is 2.30 bits per heavy atom. The summed E-state index contributed by atoms with van der Waals surface area (Å²) >= 11 is 5.72. The van der Waals surface area contributed by atoms with Gasteiger partial charge in [-0.1, -0.05) is 32.4 Å². The first kappa shape index (κ1) is 7.61. The van der Waals surface area contributed by atoms with Crippen molar-refractivity contribution in [1.82, 2.24) is 4.98 Å². The molecule has 0 amide bonds. The van der Waals surface area contributed by atoms with Crippen LogP contribution < -0.4 is 0 Å². The number of rotatable bonds is 0. The van der Waals surface area contributed by atoms with Crippen LogP contribution in [0.2, 0.25) is 5.15 Å². The maximum atomic E-state index is 5.72. The molecule has 0 fully saturated rings. The van der Waals surface area contributed by atoms with Crippen LogP contribution in [0.4, 0.5) is 0 Å². The highest BCUT2D eigenvalue weighted by molar-refractivity contribution is 6.30. The van der Waals surface area contributed by atoms with Gasteiger partial charge in [-0.3, -0.25) is 0 Å². The van der Waals surface area contributed by atoms with Crippen molar-refractivity contribution in [3.63, 3.8) is 0 Å². The zero-order valence-corrected chi connectivity index (χ0v) is 7.07. The van der Waals surface area contributed by atoms with Crippen molar-refractivity contribution in [1.29, 1.82) is 0 Å². The van der Waals surface area contributed by atoms with E-state index in [9.17, 15) is 0 Å². The number of hydrogen-bond acceptors (Lipinski definition) is 2. The molecule has 0 saturated carbocycles. The molecular weight excluding hydrogens is 150 g/mol. The lowest BCUT2D eigenvalue weighted by Gasteiger charge is -2.13. The number of nitrogens with zero attached hydrogens (tertiary/aromatic N) is 1. The van der Waals surface area contributed by atoms with Crippen LogP contribution in [-0.4, -0.2) is 4.98 Å². The maximum Gasteiger partial charge on any atom is 0.182 e. The average molecular weight is 160 g/mol. The van der Waals surface area contributed by atoms with Gasteiger partial charge in [-0.2, -0.15) is 0 Å². The Labute approximate surface area is 65.2 Å². The molecule has 3 heteroatoms. The van der Waals surface area contributed by atoms with Gasteiger partial charge in [0.2, 0.25) is 0 Å². The Morgan fingerprint density at radius 1 is 1.50 bits per heavy atom. The molecule has 0 aromatic carbocycles. The maximum absolute atomic E-state index is 5.72. The van der Waals surface area contributed by atoms with Gasteiger partial charge >= 0.3 is 0 Å². The third-order valence-electron chi connectivity index (χ3n) is 1.21. The summed E-state index contributed by atoms with van der Waals surface area (Å²) in [6, 6.07) is 0. The first-order chi connectivity index (χ1) is 4.52. The predicted octanol–water partition coefficient (Wildman–Crippen LogP) is 2.63. The lowest BCUT2D eigenvalue weighted by atomic mass is 9.94. The summed E-state index contributed by atoms with van der Waals surface area (Å²) in [6.45, 7) is 6.08. The monoisotopic (exact) mass is 159 g/mol. The summed E-state index contributed by atoms with van der Waals surface area (Å²) in [5.41, 5.74) is -0.0480. The Balaban J connectivity index is 3.05. The Kier molecular flexibility index (Phi) is 1.73. The second kappa shape index (κ2) is 2.27. The summed E-state index contributed by atoms with van der Waals surface area (Å²) in [6.07, 6.45) is 1.36. The highest BCUT2D eigenvalue weighted by Gasteiger charge is 2.21. The molecule has 0 spiro atoms. The summed E-state index contributed by atoms with van der Waals surface area (Å²) < 4.78 is 5.09. The largest absolute Gasteiger partial charge is 0.446 e. The summed E-state index contributed by atoms with van der Waals surface area (Å²) in [5.74, 6) is 0.745. The molecule has 1 aromatic rings. The van der Waals surface area contributed by atoms with Crippen molar-refractivity contribution in [3.05, 3.63) is 17.3 Å². The Hall–Kier alpha value is -0.500. The molecule has 0 radical (unpaired) electrons. The van der Waals surface area contributed by atoms with Crippen LogP contribution in [0.5, 0.6) is 0 Å². The van der Waals surface area contributed by atoms with E-state index in [-0.39, 0.29) is 5.41 Å². The molecule has 1 aromatic heterocycles. The van der Waals surface area contributed by atoms with Crippen LogP contribution in [0.3, 0.4) is 0 Å². The minimum atomic E-state index is -0.0480. The van der Waals surface area contributed by atoms with Crippen LogP contribution in [0.15, 0.2) is 10.8 Å². The topological polar surface area (TPSA) is 26.0 Å². The standard InChI is InChI=1S/C7H10ClNO/c1-7(2,3)5-6(8)9-4-10-5/h4H,1-3H3. The second-order valence-corrected chi connectivity index (χ2v) is 3.58. The van der Waals surface area contributed by atoms with E-state index in [2.05, 4.69) is 4.98 Å². The van der Waals surface area contributed by atoms with Gasteiger partial charge in [0.1, 0.15) is 5.76 Å². The molecule has 0 aliphatic carbocycles. The van der Waals surface area contributed by atoms with Crippen molar-refractivity contribution in [2.45, 2.75) is 26.2 Å². The lowest BCUT2D eigenvalue weighted by molar-refractivity contribution is 0.408. The lowest BCUT2D eigenvalue weighted by Crippen LogP contribution is -2.09. The van der Waals surface area contributed by atoms with Crippen molar-refractivity contribution in [2.75, 3.05) is 0 Å². The van der Waals surface area contributed by atoms with Crippen LogP contribution in [0.25, 0.3) is 0 Å². The SMILES string of the molecule is CC(C)(C)c1ocnc1Cl. The summed E-state index contributed by atoms with van der Waals surface area (Å²) in [5, 5.41) is 0.465. The van der Waals surface area contributed by atoms with Crippen LogP contribution in [0.1, 0.15) is 26.5 Å². The van der Waals surface area contributed by atoms with Gasteiger partial charge in [0.05, 0.1) is 0 Å². The molecule has 56 valence electrons. The van der Waals surface area contributed by atoms with E-state index >= 15 is 0 Å². The predicted molar refractivity (Wildman–Crippen MR) is 40.2 cm³/mol. The average Bonchev–Trinajstić information content (AvgIpc) is 2.11. The minimum absolute atomic E-state index is 0.0480. The van der Waals surface area contributed by atoms with Crippen molar-refractivity contribution in [3.8, 4) is 0 Å². The summed E-state index contributed by atoms with van der Waals surface area (Å²) in [7, 11) is 0. The zero-order chi connectivity index (χ0) is 7.78. The number of halogens is 1. The van der Waals surface area contributed by atoms with Gasteiger partial charge in [0, 0.05) is 5.41 Å². The van der Waals surface area contributed by atoms with Crippen molar-refractivity contribution >= 4 is 11.6 Å². The van der Waals surface area contributed by atoms with Gasteiger partial charge < -0.3 is 4.42 Å². The number of hydrogen-bond donors (Lipinski definition) is 0. The van der Waals surface area contributed by atoms with Crippen LogP contribution in [0, 0.1) is 0 Å². The van der Waals surface area contributed by atoms with E-state index in [1.54, 1.807) is 0 Å². The number of aromatic nitrogens is 1. The van der Waals surface area contributed by atoms with Gasteiger partial charge in [0.25, 0.3) is 0 Å². The molecule has 0 atom stereocenters. The van der Waals surface area contributed by atoms with E-state index in [0.29, 0.717) is 5.15 Å². The zero-order valence-electron chi connectivity index (χ0n) is 6.31. The fourth-order valence-corrected chi connectivity index (χ4v) is 1.09. The minimum Gasteiger partial charge on any atom is -0.446 e. The Morgan fingerprint density at radius 2 is 2.10 bits per heavy atom. The molecule has 0 unspecified atom stereocenters. The van der Waals surface area contributed by atoms with Crippen LogP contribution in [-0.2, 0) is 5.41 Å². The fourth-order valence-electron chi connectivity index (χ4n) is 0.719. The molecule has 0 bridgehead atoms. The summed E-state index contributed by atoms with van der Waals surface area (Å²) in [4.78, 5) is 3.78. The van der Waals surface area contributed by atoms with Gasteiger partial charge in [-0.15, -0.1) is 0 Å². The van der Waals surface area contributed by atoms with Crippen molar-refractivity contribution in [2.24, 2.45) is 0 Å². The molecule has 1 heterocycles. The van der Waals surface area contributed by atoms with E-state index in [0.717, 1.165) is 5.76 Å². The number of oxazole rings is 1. The van der Waals surface area contributed by atoms with E-state index in [4.69, 9.17) is 16.0 Å². The van der Waals surface area contributed by atoms with Gasteiger partial charge in [0.15, 0.2) is 11.5 Å². The Bertz CT molecular complexity index is 224. The van der Waals surface area contributed by atoms with Gasteiger partial charge in [-0.05, 0) is 0 Å². The molecule has 1 rings (SSSR count). The molecule has 0 aliphatic heterocycles. The molecule has 10 heavy (non-hydrogen) atoms. The molecule has 0 aliphatic rings. The first-order valence-corrected chi connectivity index (χ1v) is 3.49. The first-order valence-electron chi connectivity index (χ1n) is 3.11. The normalized spacial score (nSPS) is 12.0. The highest BCUT2D eigenvalue weighted by Crippen LogP contribution is 2.27. The molecule has 2 nitrogen and oxygen atoms in total. The second-order valence-electron chi connectivity index (χ2n) is 3.22. The van der Waals surface area contributed by atoms with Crippen molar-refractivity contribution < 1.29 is 4.42 Å². The van der Waals surface area contributed by atoms with E-state index < -0.39 is 0 Å². The quantitative estimate of drug-likeness (QED) is 0.582. The third kappa shape index (κ3) is 1.32. The third-order valence-corrected chi connectivity index (χ3v) is 1.47. The van der Waals surface area contributed by atoms with E-state index in [1.165, 1.54) is 6.39 Å². The molecule has 0 N–H and O–H groups in total. The fraction of sp³-hybridized carbons (Fsp3) is 0.571. The smallest absolute Gasteiger partial charge is 0.182 e.